The van der Waals surface area contributed by atoms with E-state index in [0.29, 0.717) is 17.0 Å². The molecule has 2 N–H and O–H groups in total. The lowest BCUT2D eigenvalue weighted by Crippen LogP contribution is -2.12. The summed E-state index contributed by atoms with van der Waals surface area (Å²) in [4.78, 5) is 26.7. The van der Waals surface area contributed by atoms with Crippen LogP contribution in [0.15, 0.2) is 39.6 Å². The number of aryl methyl sites for hydroxylation is 2. The molecule has 3 aromatic rings. The van der Waals surface area contributed by atoms with Crippen LogP contribution in [0, 0.1) is 6.92 Å². The molecule has 2 heterocycles. The van der Waals surface area contributed by atoms with Crippen molar-refractivity contribution >= 4 is 22.5 Å². The molecule has 0 fully saturated rings. The third kappa shape index (κ3) is 3.15. The van der Waals surface area contributed by atoms with Crippen LogP contribution in [0.3, 0.4) is 0 Å². The van der Waals surface area contributed by atoms with Gasteiger partial charge in [0, 0.05) is 23.2 Å². The summed E-state index contributed by atoms with van der Waals surface area (Å²) in [5, 5.41) is 7.42. The Kier molecular flexibility index (Phi) is 3.97. The first-order valence-corrected chi connectivity index (χ1v) is 7.47. The number of anilines is 1. The Balaban J connectivity index is 1.94. The van der Waals surface area contributed by atoms with Crippen molar-refractivity contribution < 1.29 is 9.32 Å². The number of nitrogens with one attached hydrogen (secondary N) is 2. The smallest absolute Gasteiger partial charge is 0.277 e. The van der Waals surface area contributed by atoms with Crippen LogP contribution >= 0.6 is 0 Å². The molecule has 0 atom stereocenters. The fourth-order valence-electron chi connectivity index (χ4n) is 2.55. The maximum absolute atomic E-state index is 12.1. The van der Waals surface area contributed by atoms with Gasteiger partial charge in [0.2, 0.25) is 5.56 Å². The Labute approximate surface area is 132 Å². The van der Waals surface area contributed by atoms with Crippen LogP contribution in [0.2, 0.25) is 0 Å². The molecule has 118 valence electrons. The topological polar surface area (TPSA) is 88.0 Å². The number of hydrogen-bond acceptors (Lipinski definition) is 4. The largest absolute Gasteiger partial charge is 0.361 e. The van der Waals surface area contributed by atoms with Gasteiger partial charge in [-0.15, -0.1) is 0 Å². The maximum Gasteiger partial charge on any atom is 0.277 e. The third-order valence-corrected chi connectivity index (χ3v) is 3.57. The van der Waals surface area contributed by atoms with E-state index in [9.17, 15) is 9.59 Å². The first-order valence-electron chi connectivity index (χ1n) is 7.47. The first-order chi connectivity index (χ1) is 11.1. The van der Waals surface area contributed by atoms with E-state index >= 15 is 0 Å². The zero-order valence-corrected chi connectivity index (χ0v) is 13.0. The van der Waals surface area contributed by atoms with E-state index in [1.165, 1.54) is 0 Å². The summed E-state index contributed by atoms with van der Waals surface area (Å²) in [6.45, 7) is 3.79. The van der Waals surface area contributed by atoms with Gasteiger partial charge >= 0.3 is 0 Å². The standard InChI is InChI=1S/C17H17N3O3/c1-3-4-11-8-16(21)19-14-9-12(5-6-13(11)14)18-17(22)15-7-10(2)23-20-15/h5-9H,3-4H2,1-2H3,(H,18,22)(H,19,21). The van der Waals surface area contributed by atoms with Crippen molar-refractivity contribution in [3.63, 3.8) is 0 Å². The average Bonchev–Trinajstić information content (AvgIpc) is 2.94. The minimum atomic E-state index is -0.353. The SMILES string of the molecule is CCCc1cc(=O)[nH]c2cc(NC(=O)c3cc(C)on3)ccc12. The van der Waals surface area contributed by atoms with Crippen molar-refractivity contribution in [2.24, 2.45) is 0 Å². The Hall–Kier alpha value is -2.89. The fourth-order valence-corrected chi connectivity index (χ4v) is 2.55. The normalized spacial score (nSPS) is 10.9. The Bertz CT molecular complexity index is 924. The summed E-state index contributed by atoms with van der Waals surface area (Å²) >= 11 is 0. The van der Waals surface area contributed by atoms with Gasteiger partial charge in [0.1, 0.15) is 5.76 Å². The molecule has 2 aromatic heterocycles. The lowest BCUT2D eigenvalue weighted by atomic mass is 10.0. The molecule has 0 saturated heterocycles. The first kappa shape index (κ1) is 15.0. The Morgan fingerprint density at radius 2 is 2.13 bits per heavy atom. The monoisotopic (exact) mass is 311 g/mol. The zero-order chi connectivity index (χ0) is 16.4. The number of hydrogen-bond donors (Lipinski definition) is 2. The number of carbonyl (C=O) groups is 1. The van der Waals surface area contributed by atoms with E-state index in [0.717, 1.165) is 23.8 Å². The predicted octanol–water partition coefficient (Wildman–Crippen LogP) is 3.03. The van der Waals surface area contributed by atoms with Crippen LogP contribution in [-0.4, -0.2) is 16.0 Å². The van der Waals surface area contributed by atoms with Gasteiger partial charge in [0.05, 0.1) is 5.52 Å². The fraction of sp³-hybridized carbons (Fsp3) is 0.235. The molecule has 1 amide bonds. The minimum absolute atomic E-state index is 0.142. The summed E-state index contributed by atoms with van der Waals surface area (Å²) < 4.78 is 4.89. The Morgan fingerprint density at radius 3 is 2.83 bits per heavy atom. The maximum atomic E-state index is 12.1. The van der Waals surface area contributed by atoms with Crippen molar-refractivity contribution in [3.05, 3.63) is 57.7 Å². The average molecular weight is 311 g/mol. The van der Waals surface area contributed by atoms with Crippen molar-refractivity contribution in [2.75, 3.05) is 5.32 Å². The summed E-state index contributed by atoms with van der Waals surface area (Å²) in [6.07, 6.45) is 1.80. The van der Waals surface area contributed by atoms with Gasteiger partial charge in [-0.25, -0.2) is 0 Å². The van der Waals surface area contributed by atoms with Crippen LogP contribution in [0.4, 0.5) is 5.69 Å². The van der Waals surface area contributed by atoms with E-state index in [1.54, 1.807) is 25.1 Å². The van der Waals surface area contributed by atoms with Crippen LogP contribution in [0.5, 0.6) is 0 Å². The molecule has 6 heteroatoms. The van der Waals surface area contributed by atoms with Crippen molar-refractivity contribution in [3.8, 4) is 0 Å². The minimum Gasteiger partial charge on any atom is -0.361 e. The van der Waals surface area contributed by atoms with Gasteiger partial charge in [0.15, 0.2) is 5.69 Å². The molecule has 0 unspecified atom stereocenters. The number of pyridine rings is 1. The second-order valence-corrected chi connectivity index (χ2v) is 5.45. The molecule has 1 aromatic carbocycles. The molecule has 6 nitrogen and oxygen atoms in total. The molecule has 0 bridgehead atoms. The van der Waals surface area contributed by atoms with E-state index in [2.05, 4.69) is 22.4 Å². The number of carbonyl (C=O) groups excluding carboxylic acids is 1. The highest BCUT2D eigenvalue weighted by molar-refractivity contribution is 6.03. The molecule has 3 rings (SSSR count). The zero-order valence-electron chi connectivity index (χ0n) is 13.0. The van der Waals surface area contributed by atoms with Crippen molar-refractivity contribution in [2.45, 2.75) is 26.7 Å². The number of amides is 1. The van der Waals surface area contributed by atoms with E-state index in [1.807, 2.05) is 12.1 Å². The molecule has 0 spiro atoms. The second-order valence-electron chi connectivity index (χ2n) is 5.45. The number of rotatable bonds is 4. The molecule has 23 heavy (non-hydrogen) atoms. The predicted molar refractivity (Wildman–Crippen MR) is 87.8 cm³/mol. The lowest BCUT2D eigenvalue weighted by Gasteiger charge is -2.08. The Morgan fingerprint density at radius 1 is 1.30 bits per heavy atom. The van der Waals surface area contributed by atoms with E-state index in [4.69, 9.17) is 4.52 Å². The highest BCUT2D eigenvalue weighted by Crippen LogP contribution is 2.21. The van der Waals surface area contributed by atoms with Crippen LogP contribution in [0.1, 0.15) is 35.2 Å². The van der Waals surface area contributed by atoms with Crippen molar-refractivity contribution in [1.29, 1.82) is 0 Å². The van der Waals surface area contributed by atoms with Gasteiger partial charge < -0.3 is 14.8 Å². The lowest BCUT2D eigenvalue weighted by molar-refractivity contribution is 0.101. The molecule has 0 aliphatic rings. The quantitative estimate of drug-likeness (QED) is 0.775. The molecule has 0 saturated carbocycles. The van der Waals surface area contributed by atoms with Crippen LogP contribution in [0.25, 0.3) is 10.9 Å². The van der Waals surface area contributed by atoms with Crippen LogP contribution in [-0.2, 0) is 6.42 Å². The summed E-state index contributed by atoms with van der Waals surface area (Å²) in [6, 6.07) is 8.66. The summed E-state index contributed by atoms with van der Waals surface area (Å²) in [5.41, 5.74) is 2.38. The molecular formula is C17H17N3O3. The summed E-state index contributed by atoms with van der Waals surface area (Å²) in [7, 11) is 0. The number of benzene rings is 1. The number of aromatic amines is 1. The molecule has 0 radical (unpaired) electrons. The van der Waals surface area contributed by atoms with Gasteiger partial charge in [0.25, 0.3) is 5.91 Å². The van der Waals surface area contributed by atoms with Gasteiger partial charge in [-0.2, -0.15) is 0 Å². The molecule has 0 aliphatic heterocycles. The molecular weight excluding hydrogens is 294 g/mol. The van der Waals surface area contributed by atoms with E-state index in [-0.39, 0.29) is 17.2 Å². The van der Waals surface area contributed by atoms with Gasteiger partial charge in [-0.3, -0.25) is 9.59 Å². The highest BCUT2D eigenvalue weighted by atomic mass is 16.5. The molecule has 0 aliphatic carbocycles. The van der Waals surface area contributed by atoms with Gasteiger partial charge in [-0.1, -0.05) is 24.6 Å². The number of aromatic nitrogens is 2. The van der Waals surface area contributed by atoms with Gasteiger partial charge in [-0.05, 0) is 31.0 Å². The van der Waals surface area contributed by atoms with E-state index < -0.39 is 0 Å². The number of fused-ring (bicyclic) bond motifs is 1. The summed E-state index contributed by atoms with van der Waals surface area (Å²) in [5.74, 6) is 0.218. The third-order valence-electron chi connectivity index (χ3n) is 3.57. The number of H-pyrrole nitrogens is 1. The van der Waals surface area contributed by atoms with Crippen LogP contribution < -0.4 is 10.9 Å². The number of nitrogens with zero attached hydrogens (tertiary/aromatic N) is 1. The van der Waals surface area contributed by atoms with Crippen molar-refractivity contribution in [1.82, 2.24) is 10.1 Å². The second kappa shape index (κ2) is 6.08. The highest BCUT2D eigenvalue weighted by Gasteiger charge is 2.12.